The number of nitro groups is 1. The second-order valence-corrected chi connectivity index (χ2v) is 6.11. The van der Waals surface area contributed by atoms with Gasteiger partial charge in [-0.05, 0) is 24.1 Å². The van der Waals surface area contributed by atoms with E-state index < -0.39 is 0 Å². The van der Waals surface area contributed by atoms with E-state index in [1.807, 2.05) is 5.38 Å². The molecular weight excluding hydrogens is 250 g/mol. The first kappa shape index (κ1) is 15.1. The van der Waals surface area contributed by atoms with Crippen molar-refractivity contribution in [3.63, 3.8) is 0 Å². The zero-order valence-corrected chi connectivity index (χ0v) is 12.0. The molecule has 0 aliphatic heterocycles. The number of hydrogen-bond donors (Lipinski definition) is 1. The van der Waals surface area contributed by atoms with Gasteiger partial charge in [0.05, 0.1) is 4.92 Å². The topological polar surface area (TPSA) is 72.4 Å². The van der Waals surface area contributed by atoms with Gasteiger partial charge in [0.1, 0.15) is 0 Å². The Balaban J connectivity index is 2.65. The summed E-state index contributed by atoms with van der Waals surface area (Å²) in [5.41, 5.74) is 6.80. The van der Waals surface area contributed by atoms with E-state index in [-0.39, 0.29) is 15.3 Å². The highest BCUT2D eigenvalue weighted by molar-refractivity contribution is 7.13. The van der Waals surface area contributed by atoms with Crippen molar-refractivity contribution in [2.45, 2.75) is 27.3 Å². The SMILES string of the molecule is CCN(Cc1csc([N+](=O)[O-])c1)CC(C)(C)CN. The van der Waals surface area contributed by atoms with Gasteiger partial charge in [0.15, 0.2) is 0 Å². The van der Waals surface area contributed by atoms with Gasteiger partial charge >= 0.3 is 5.00 Å². The fourth-order valence-corrected chi connectivity index (χ4v) is 2.47. The average Bonchev–Trinajstić information content (AvgIpc) is 2.76. The Labute approximate surface area is 112 Å². The van der Waals surface area contributed by atoms with Gasteiger partial charge in [-0.1, -0.05) is 32.1 Å². The van der Waals surface area contributed by atoms with Gasteiger partial charge in [0.2, 0.25) is 0 Å². The Bertz CT molecular complexity index is 404. The second-order valence-electron chi connectivity index (χ2n) is 5.22. The largest absolute Gasteiger partial charge is 0.330 e. The highest BCUT2D eigenvalue weighted by Gasteiger charge is 2.20. The minimum absolute atomic E-state index is 0.0674. The average molecular weight is 271 g/mol. The Kier molecular flexibility index (Phi) is 5.25. The lowest BCUT2D eigenvalue weighted by molar-refractivity contribution is -0.380. The van der Waals surface area contributed by atoms with Crippen LogP contribution in [0.4, 0.5) is 5.00 Å². The van der Waals surface area contributed by atoms with Crippen molar-refractivity contribution in [1.82, 2.24) is 4.90 Å². The highest BCUT2D eigenvalue weighted by Crippen LogP contribution is 2.24. The molecular formula is C12H21N3O2S. The van der Waals surface area contributed by atoms with Gasteiger partial charge in [0, 0.05) is 24.5 Å². The van der Waals surface area contributed by atoms with Crippen LogP contribution in [0.3, 0.4) is 0 Å². The van der Waals surface area contributed by atoms with E-state index in [1.165, 1.54) is 11.3 Å². The molecule has 0 spiro atoms. The van der Waals surface area contributed by atoms with Crippen LogP contribution in [0.15, 0.2) is 11.4 Å². The van der Waals surface area contributed by atoms with E-state index in [1.54, 1.807) is 6.07 Å². The summed E-state index contributed by atoms with van der Waals surface area (Å²) in [6, 6.07) is 1.66. The number of thiophene rings is 1. The van der Waals surface area contributed by atoms with Crippen LogP contribution in [0.1, 0.15) is 26.3 Å². The van der Waals surface area contributed by atoms with Crippen molar-refractivity contribution < 1.29 is 4.92 Å². The van der Waals surface area contributed by atoms with Crippen molar-refractivity contribution in [2.24, 2.45) is 11.1 Å². The summed E-state index contributed by atoms with van der Waals surface area (Å²) in [5, 5.41) is 12.7. The Morgan fingerprint density at radius 2 is 2.22 bits per heavy atom. The van der Waals surface area contributed by atoms with Gasteiger partial charge in [-0.25, -0.2) is 0 Å². The van der Waals surface area contributed by atoms with Crippen LogP contribution in [0, 0.1) is 15.5 Å². The molecule has 0 saturated heterocycles. The lowest BCUT2D eigenvalue weighted by Crippen LogP contribution is -2.38. The zero-order valence-electron chi connectivity index (χ0n) is 11.2. The summed E-state index contributed by atoms with van der Waals surface area (Å²) >= 11 is 1.18. The van der Waals surface area contributed by atoms with E-state index >= 15 is 0 Å². The van der Waals surface area contributed by atoms with E-state index in [2.05, 4.69) is 25.7 Å². The van der Waals surface area contributed by atoms with Gasteiger partial charge in [-0.2, -0.15) is 0 Å². The van der Waals surface area contributed by atoms with E-state index in [0.29, 0.717) is 6.54 Å². The molecule has 5 nitrogen and oxygen atoms in total. The molecule has 0 unspecified atom stereocenters. The van der Waals surface area contributed by atoms with Crippen molar-refractivity contribution in [3.05, 3.63) is 27.1 Å². The summed E-state index contributed by atoms with van der Waals surface area (Å²) < 4.78 is 0. The number of nitrogens with two attached hydrogens (primary N) is 1. The molecule has 2 N–H and O–H groups in total. The molecule has 0 aromatic carbocycles. The lowest BCUT2D eigenvalue weighted by atomic mass is 9.93. The molecule has 1 rings (SSSR count). The van der Waals surface area contributed by atoms with Crippen LogP contribution >= 0.6 is 11.3 Å². The molecule has 1 aromatic heterocycles. The third kappa shape index (κ3) is 4.36. The van der Waals surface area contributed by atoms with Crippen molar-refractivity contribution in [1.29, 1.82) is 0 Å². The van der Waals surface area contributed by atoms with Crippen molar-refractivity contribution >= 4 is 16.3 Å². The first-order chi connectivity index (χ1) is 8.38. The first-order valence-electron chi connectivity index (χ1n) is 6.02. The van der Waals surface area contributed by atoms with Gasteiger partial charge in [0.25, 0.3) is 0 Å². The number of nitrogens with zero attached hydrogens (tertiary/aromatic N) is 2. The van der Waals surface area contributed by atoms with Crippen molar-refractivity contribution in [3.8, 4) is 0 Å². The molecule has 18 heavy (non-hydrogen) atoms. The van der Waals surface area contributed by atoms with E-state index in [9.17, 15) is 10.1 Å². The fraction of sp³-hybridized carbons (Fsp3) is 0.667. The monoisotopic (exact) mass is 271 g/mol. The van der Waals surface area contributed by atoms with Crippen LogP contribution in [0.25, 0.3) is 0 Å². The third-order valence-electron chi connectivity index (χ3n) is 2.88. The molecule has 0 atom stereocenters. The van der Waals surface area contributed by atoms with Crippen LogP contribution in [-0.2, 0) is 6.54 Å². The summed E-state index contributed by atoms with van der Waals surface area (Å²) in [4.78, 5) is 12.6. The summed E-state index contributed by atoms with van der Waals surface area (Å²) in [6.45, 7) is 9.53. The van der Waals surface area contributed by atoms with Gasteiger partial charge < -0.3 is 5.73 Å². The third-order valence-corrected chi connectivity index (χ3v) is 3.81. The molecule has 0 fully saturated rings. The second kappa shape index (κ2) is 6.26. The predicted molar refractivity (Wildman–Crippen MR) is 74.8 cm³/mol. The Morgan fingerprint density at radius 3 is 2.67 bits per heavy atom. The predicted octanol–water partition coefficient (Wildman–Crippen LogP) is 2.46. The summed E-state index contributed by atoms with van der Waals surface area (Å²) in [5.74, 6) is 0. The lowest BCUT2D eigenvalue weighted by Gasteiger charge is -2.30. The van der Waals surface area contributed by atoms with Gasteiger partial charge in [-0.15, -0.1) is 0 Å². The Morgan fingerprint density at radius 1 is 1.56 bits per heavy atom. The molecule has 0 saturated carbocycles. The van der Waals surface area contributed by atoms with Crippen LogP contribution in [-0.4, -0.2) is 29.5 Å². The molecule has 0 aliphatic rings. The minimum atomic E-state index is -0.339. The molecule has 1 aromatic rings. The molecule has 6 heteroatoms. The standard InChI is InChI=1S/C12H21N3O2S/c1-4-14(9-12(2,3)8-13)6-10-5-11(15(16)17)18-7-10/h5,7H,4,6,8-9,13H2,1-3H3. The number of rotatable bonds is 7. The van der Waals surface area contributed by atoms with Crippen LogP contribution < -0.4 is 5.73 Å². The summed E-state index contributed by atoms with van der Waals surface area (Å²) in [7, 11) is 0. The maximum Gasteiger partial charge on any atom is 0.324 e. The minimum Gasteiger partial charge on any atom is -0.330 e. The van der Waals surface area contributed by atoms with Crippen LogP contribution in [0.2, 0.25) is 0 Å². The number of hydrogen-bond acceptors (Lipinski definition) is 5. The molecule has 102 valence electrons. The van der Waals surface area contributed by atoms with E-state index in [0.717, 1.165) is 25.2 Å². The molecule has 0 radical (unpaired) electrons. The summed E-state index contributed by atoms with van der Waals surface area (Å²) in [6.07, 6.45) is 0. The Hall–Kier alpha value is -0.980. The first-order valence-corrected chi connectivity index (χ1v) is 6.90. The zero-order chi connectivity index (χ0) is 13.8. The molecule has 0 aliphatic carbocycles. The van der Waals surface area contributed by atoms with Crippen LogP contribution in [0.5, 0.6) is 0 Å². The maximum atomic E-state index is 10.6. The normalized spacial score (nSPS) is 12.1. The maximum absolute atomic E-state index is 10.6. The molecule has 1 heterocycles. The quantitative estimate of drug-likeness (QED) is 0.611. The fourth-order valence-electron chi connectivity index (χ4n) is 1.75. The molecule has 0 amide bonds. The highest BCUT2D eigenvalue weighted by atomic mass is 32.1. The van der Waals surface area contributed by atoms with Gasteiger partial charge in [-0.3, -0.25) is 15.0 Å². The smallest absolute Gasteiger partial charge is 0.324 e. The van der Waals surface area contributed by atoms with Crippen molar-refractivity contribution in [2.75, 3.05) is 19.6 Å². The van der Waals surface area contributed by atoms with E-state index in [4.69, 9.17) is 5.73 Å². The molecule has 0 bridgehead atoms.